The van der Waals surface area contributed by atoms with Crippen LogP contribution >= 0.6 is 11.8 Å². The SMILES string of the molecule is COc1ccc(NC(=O)C(Sc2n[nH]c(-c3ccc(OC)cc3)n2)C(C)C)cc1. The quantitative estimate of drug-likeness (QED) is 0.538. The smallest absolute Gasteiger partial charge is 0.238 e. The van der Waals surface area contributed by atoms with E-state index in [0.717, 1.165) is 22.7 Å². The van der Waals surface area contributed by atoms with Crippen LogP contribution in [0.2, 0.25) is 0 Å². The van der Waals surface area contributed by atoms with Gasteiger partial charge in [-0.25, -0.2) is 4.98 Å². The Kier molecular flexibility index (Phi) is 6.77. The summed E-state index contributed by atoms with van der Waals surface area (Å²) in [5.74, 6) is 2.17. The van der Waals surface area contributed by atoms with Gasteiger partial charge in [-0.2, -0.15) is 0 Å². The van der Waals surface area contributed by atoms with Gasteiger partial charge in [-0.3, -0.25) is 9.89 Å². The van der Waals surface area contributed by atoms with Crippen LogP contribution in [0.25, 0.3) is 11.4 Å². The molecule has 3 aromatic rings. The second kappa shape index (κ2) is 9.47. The molecule has 0 aliphatic heterocycles. The molecule has 1 amide bonds. The maximum absolute atomic E-state index is 12.8. The number of rotatable bonds is 8. The van der Waals surface area contributed by atoms with Gasteiger partial charge in [0.15, 0.2) is 5.82 Å². The Labute approximate surface area is 174 Å². The number of ether oxygens (including phenoxy) is 2. The summed E-state index contributed by atoms with van der Waals surface area (Å²) in [6, 6.07) is 14.8. The normalized spacial score (nSPS) is 11.9. The number of thioether (sulfide) groups is 1. The Balaban J connectivity index is 1.69. The standard InChI is InChI=1S/C21H24N4O3S/c1-13(2)18(20(26)22-15-7-11-17(28-4)12-8-15)29-21-23-19(24-25-21)14-5-9-16(27-3)10-6-14/h5-13,18H,1-4H3,(H,22,26)(H,23,24,25). The number of anilines is 1. The minimum absolute atomic E-state index is 0.0917. The summed E-state index contributed by atoms with van der Waals surface area (Å²) in [6.07, 6.45) is 0. The number of nitrogens with zero attached hydrogens (tertiary/aromatic N) is 2. The number of hydrogen-bond acceptors (Lipinski definition) is 6. The van der Waals surface area contributed by atoms with Crippen molar-refractivity contribution in [1.29, 1.82) is 0 Å². The van der Waals surface area contributed by atoms with Crippen LogP contribution in [0.3, 0.4) is 0 Å². The average molecular weight is 413 g/mol. The van der Waals surface area contributed by atoms with E-state index in [1.165, 1.54) is 11.8 Å². The molecule has 7 nitrogen and oxygen atoms in total. The number of aromatic amines is 1. The van der Waals surface area contributed by atoms with E-state index in [1.807, 2.05) is 62.4 Å². The van der Waals surface area contributed by atoms with Gasteiger partial charge < -0.3 is 14.8 Å². The molecule has 2 N–H and O–H groups in total. The third-order valence-corrected chi connectivity index (χ3v) is 5.69. The molecule has 1 unspecified atom stereocenters. The molecule has 0 bridgehead atoms. The zero-order valence-corrected chi connectivity index (χ0v) is 17.6. The number of carbonyl (C=O) groups is 1. The van der Waals surface area contributed by atoms with Crippen molar-refractivity contribution >= 4 is 23.4 Å². The highest BCUT2D eigenvalue weighted by molar-refractivity contribution is 8.00. The molecule has 152 valence electrons. The molecule has 1 aromatic heterocycles. The van der Waals surface area contributed by atoms with Crippen molar-refractivity contribution in [1.82, 2.24) is 15.2 Å². The van der Waals surface area contributed by atoms with E-state index in [9.17, 15) is 4.79 Å². The first-order chi connectivity index (χ1) is 14.0. The lowest BCUT2D eigenvalue weighted by atomic mass is 10.1. The van der Waals surface area contributed by atoms with E-state index < -0.39 is 0 Å². The van der Waals surface area contributed by atoms with Gasteiger partial charge in [-0.1, -0.05) is 25.6 Å². The van der Waals surface area contributed by atoms with Crippen molar-refractivity contribution in [3.8, 4) is 22.9 Å². The lowest BCUT2D eigenvalue weighted by molar-refractivity contribution is -0.116. The topological polar surface area (TPSA) is 89.1 Å². The first-order valence-electron chi connectivity index (χ1n) is 9.18. The summed E-state index contributed by atoms with van der Waals surface area (Å²) in [4.78, 5) is 17.3. The highest BCUT2D eigenvalue weighted by atomic mass is 32.2. The monoisotopic (exact) mass is 412 g/mol. The van der Waals surface area contributed by atoms with Gasteiger partial charge in [0, 0.05) is 11.3 Å². The van der Waals surface area contributed by atoms with E-state index in [4.69, 9.17) is 9.47 Å². The minimum atomic E-state index is -0.336. The summed E-state index contributed by atoms with van der Waals surface area (Å²) in [6.45, 7) is 4.00. The number of nitrogens with one attached hydrogen (secondary N) is 2. The van der Waals surface area contributed by atoms with Crippen molar-refractivity contribution < 1.29 is 14.3 Å². The first-order valence-corrected chi connectivity index (χ1v) is 10.1. The third-order valence-electron chi connectivity index (χ3n) is 4.28. The molecule has 2 aromatic carbocycles. The summed E-state index contributed by atoms with van der Waals surface area (Å²) in [5, 5.41) is 10.3. The summed E-state index contributed by atoms with van der Waals surface area (Å²) >= 11 is 1.34. The summed E-state index contributed by atoms with van der Waals surface area (Å²) < 4.78 is 10.3. The van der Waals surface area contributed by atoms with Crippen molar-refractivity contribution in [2.75, 3.05) is 19.5 Å². The van der Waals surface area contributed by atoms with Gasteiger partial charge in [0.1, 0.15) is 11.5 Å². The van der Waals surface area contributed by atoms with Crippen molar-refractivity contribution in [2.24, 2.45) is 5.92 Å². The van der Waals surface area contributed by atoms with Crippen molar-refractivity contribution in [3.05, 3.63) is 48.5 Å². The maximum atomic E-state index is 12.8. The van der Waals surface area contributed by atoms with Crippen LogP contribution < -0.4 is 14.8 Å². The maximum Gasteiger partial charge on any atom is 0.238 e. The molecule has 8 heteroatoms. The Morgan fingerprint density at radius 1 is 1.00 bits per heavy atom. The first kappa shape index (κ1) is 20.7. The van der Waals surface area contributed by atoms with E-state index in [-0.39, 0.29) is 17.1 Å². The molecule has 0 radical (unpaired) electrons. The van der Waals surface area contributed by atoms with Gasteiger partial charge >= 0.3 is 0 Å². The zero-order chi connectivity index (χ0) is 20.8. The highest BCUT2D eigenvalue weighted by Crippen LogP contribution is 2.29. The van der Waals surface area contributed by atoms with Gasteiger partial charge in [-0.15, -0.1) is 5.10 Å². The van der Waals surface area contributed by atoms with E-state index in [1.54, 1.807) is 14.2 Å². The predicted molar refractivity (Wildman–Crippen MR) is 114 cm³/mol. The molecular formula is C21H24N4O3S. The van der Waals surface area contributed by atoms with Crippen molar-refractivity contribution in [3.63, 3.8) is 0 Å². The van der Waals surface area contributed by atoms with E-state index in [2.05, 4.69) is 20.5 Å². The fourth-order valence-corrected chi connectivity index (χ4v) is 3.58. The molecule has 0 saturated heterocycles. The Bertz CT molecular complexity index is 939. The number of methoxy groups -OCH3 is 2. The molecule has 1 heterocycles. The molecule has 0 saturated carbocycles. The van der Waals surface area contributed by atoms with E-state index in [0.29, 0.717) is 11.0 Å². The Hall–Kier alpha value is -3.00. The average Bonchev–Trinajstić information content (AvgIpc) is 3.21. The number of aromatic nitrogens is 3. The highest BCUT2D eigenvalue weighted by Gasteiger charge is 2.25. The van der Waals surface area contributed by atoms with Crippen LogP contribution in [0, 0.1) is 5.92 Å². The van der Waals surface area contributed by atoms with Crippen LogP contribution in [-0.2, 0) is 4.79 Å². The molecular weight excluding hydrogens is 388 g/mol. The Morgan fingerprint density at radius 3 is 2.14 bits per heavy atom. The van der Waals surface area contributed by atoms with E-state index >= 15 is 0 Å². The van der Waals surface area contributed by atoms with Crippen LogP contribution in [0.4, 0.5) is 5.69 Å². The minimum Gasteiger partial charge on any atom is -0.497 e. The second-order valence-corrected chi connectivity index (χ2v) is 7.80. The number of hydrogen-bond donors (Lipinski definition) is 2. The number of benzene rings is 2. The lowest BCUT2D eigenvalue weighted by Crippen LogP contribution is -2.29. The molecule has 0 aliphatic rings. The molecule has 1 atom stereocenters. The number of carbonyl (C=O) groups excluding carboxylic acids is 1. The zero-order valence-electron chi connectivity index (χ0n) is 16.8. The van der Waals surface area contributed by atoms with Crippen LogP contribution in [0.5, 0.6) is 11.5 Å². The van der Waals surface area contributed by atoms with Crippen LogP contribution in [0.1, 0.15) is 13.8 Å². The van der Waals surface area contributed by atoms with Crippen molar-refractivity contribution in [2.45, 2.75) is 24.3 Å². The molecule has 3 rings (SSSR count). The third kappa shape index (κ3) is 5.29. The fourth-order valence-electron chi connectivity index (χ4n) is 2.67. The molecule has 0 spiro atoms. The summed E-state index contributed by atoms with van der Waals surface area (Å²) in [5.41, 5.74) is 1.62. The summed E-state index contributed by atoms with van der Waals surface area (Å²) in [7, 11) is 3.23. The predicted octanol–water partition coefficient (Wildman–Crippen LogP) is 4.24. The lowest BCUT2D eigenvalue weighted by Gasteiger charge is -2.18. The van der Waals surface area contributed by atoms with Gasteiger partial charge in [-0.05, 0) is 54.4 Å². The largest absolute Gasteiger partial charge is 0.497 e. The van der Waals surface area contributed by atoms with Crippen LogP contribution in [-0.4, -0.2) is 40.6 Å². The number of amides is 1. The molecule has 0 aliphatic carbocycles. The fraction of sp³-hybridized carbons (Fsp3) is 0.286. The molecule has 0 fully saturated rings. The number of H-pyrrole nitrogens is 1. The van der Waals surface area contributed by atoms with Gasteiger partial charge in [0.2, 0.25) is 11.1 Å². The van der Waals surface area contributed by atoms with Gasteiger partial charge in [0.25, 0.3) is 0 Å². The second-order valence-electron chi connectivity index (χ2n) is 6.70. The molecule has 29 heavy (non-hydrogen) atoms. The Morgan fingerprint density at radius 2 is 1.59 bits per heavy atom. The van der Waals surface area contributed by atoms with Gasteiger partial charge in [0.05, 0.1) is 19.5 Å². The van der Waals surface area contributed by atoms with Crippen LogP contribution in [0.15, 0.2) is 53.7 Å².